The minimum absolute atomic E-state index is 0.0236. The largest absolute Gasteiger partial charge is 0.496 e. The summed E-state index contributed by atoms with van der Waals surface area (Å²) in [5.74, 6) is 1.01. The molecule has 2 fully saturated rings. The molecule has 1 aliphatic carbocycles. The average Bonchev–Trinajstić information content (AvgIpc) is 3.32. The number of nitrogens with one attached hydrogen (secondary N) is 1. The molecule has 112 valence electrons. The van der Waals surface area contributed by atoms with Crippen LogP contribution in [0.5, 0.6) is 5.75 Å². The third-order valence-corrected chi connectivity index (χ3v) is 4.32. The van der Waals surface area contributed by atoms with Crippen LogP contribution in [0.4, 0.5) is 0 Å². The van der Waals surface area contributed by atoms with Crippen LogP contribution in [0.3, 0.4) is 0 Å². The van der Waals surface area contributed by atoms with Crippen molar-refractivity contribution in [3.8, 4) is 5.75 Å². The normalized spacial score (nSPS) is 25.7. The number of nitrogens with zero attached hydrogens (tertiary/aromatic N) is 1. The van der Waals surface area contributed by atoms with E-state index in [-0.39, 0.29) is 17.9 Å². The van der Waals surface area contributed by atoms with Gasteiger partial charge in [0.25, 0.3) is 0 Å². The molecule has 1 heterocycles. The Bertz CT molecular complexity index is 568. The van der Waals surface area contributed by atoms with Gasteiger partial charge in [0, 0.05) is 5.56 Å². The lowest BCUT2D eigenvalue weighted by molar-refractivity contribution is -0.149. The molecule has 1 aromatic rings. The number of hydrogen-bond acceptors (Lipinski definition) is 3. The van der Waals surface area contributed by atoms with Crippen LogP contribution in [-0.4, -0.2) is 35.9 Å². The van der Waals surface area contributed by atoms with E-state index in [4.69, 9.17) is 4.74 Å². The van der Waals surface area contributed by atoms with Gasteiger partial charge in [0.2, 0.25) is 11.8 Å². The molecular weight excluding hydrogens is 268 g/mol. The standard InChI is InChI=1S/C16H20N2O3/c1-10-15(19)17-14(11-7-8-11)16(20)18(10)9-12-5-3-4-6-13(12)21-2/h3-6,10-11,14H,7-9H2,1-2H3,(H,17,19). The van der Waals surface area contributed by atoms with Gasteiger partial charge in [-0.05, 0) is 31.7 Å². The maximum Gasteiger partial charge on any atom is 0.246 e. The van der Waals surface area contributed by atoms with E-state index in [1.54, 1.807) is 18.9 Å². The van der Waals surface area contributed by atoms with Gasteiger partial charge in [-0.2, -0.15) is 0 Å². The molecule has 5 heteroatoms. The first-order valence-corrected chi connectivity index (χ1v) is 7.34. The number of methoxy groups -OCH3 is 1. The lowest BCUT2D eigenvalue weighted by Crippen LogP contribution is -2.62. The Hall–Kier alpha value is -2.04. The molecule has 1 aromatic carbocycles. The second-order valence-corrected chi connectivity index (χ2v) is 5.78. The molecule has 0 bridgehead atoms. The van der Waals surface area contributed by atoms with E-state index in [2.05, 4.69) is 5.32 Å². The summed E-state index contributed by atoms with van der Waals surface area (Å²) in [5.41, 5.74) is 0.921. The Balaban J connectivity index is 1.84. The molecule has 21 heavy (non-hydrogen) atoms. The second kappa shape index (κ2) is 5.39. The van der Waals surface area contributed by atoms with Crippen LogP contribution in [0.2, 0.25) is 0 Å². The Morgan fingerprint density at radius 2 is 2.00 bits per heavy atom. The first-order valence-electron chi connectivity index (χ1n) is 7.34. The number of carbonyl (C=O) groups excluding carboxylic acids is 2. The van der Waals surface area contributed by atoms with E-state index in [1.807, 2.05) is 24.3 Å². The zero-order valence-electron chi connectivity index (χ0n) is 12.3. The van der Waals surface area contributed by atoms with Crippen molar-refractivity contribution in [1.29, 1.82) is 0 Å². The summed E-state index contributed by atoms with van der Waals surface area (Å²) in [6.07, 6.45) is 2.04. The van der Waals surface area contributed by atoms with Crippen molar-refractivity contribution >= 4 is 11.8 Å². The van der Waals surface area contributed by atoms with Gasteiger partial charge in [0.05, 0.1) is 13.7 Å². The van der Waals surface area contributed by atoms with Gasteiger partial charge in [0.1, 0.15) is 17.8 Å². The third kappa shape index (κ3) is 2.60. The molecule has 2 aliphatic rings. The molecule has 2 atom stereocenters. The predicted molar refractivity (Wildman–Crippen MR) is 77.7 cm³/mol. The highest BCUT2D eigenvalue weighted by molar-refractivity contribution is 5.97. The van der Waals surface area contributed by atoms with E-state index in [0.29, 0.717) is 12.5 Å². The molecule has 1 saturated carbocycles. The summed E-state index contributed by atoms with van der Waals surface area (Å²) in [5, 5.41) is 2.86. The van der Waals surface area contributed by atoms with Crippen molar-refractivity contribution in [2.24, 2.45) is 5.92 Å². The Kier molecular flexibility index (Phi) is 3.57. The van der Waals surface area contributed by atoms with E-state index >= 15 is 0 Å². The molecular formula is C16H20N2O3. The second-order valence-electron chi connectivity index (χ2n) is 5.78. The van der Waals surface area contributed by atoms with Crippen LogP contribution >= 0.6 is 0 Å². The number of para-hydroxylation sites is 1. The quantitative estimate of drug-likeness (QED) is 0.909. The number of carbonyl (C=O) groups is 2. The number of piperazine rings is 1. The van der Waals surface area contributed by atoms with Crippen molar-refractivity contribution in [3.63, 3.8) is 0 Å². The van der Waals surface area contributed by atoms with E-state index < -0.39 is 6.04 Å². The van der Waals surface area contributed by atoms with Crippen LogP contribution < -0.4 is 10.1 Å². The maximum atomic E-state index is 12.6. The number of rotatable bonds is 4. The smallest absolute Gasteiger partial charge is 0.246 e. The van der Waals surface area contributed by atoms with Crippen molar-refractivity contribution < 1.29 is 14.3 Å². The van der Waals surface area contributed by atoms with Gasteiger partial charge in [-0.15, -0.1) is 0 Å². The Morgan fingerprint density at radius 3 is 2.67 bits per heavy atom. The lowest BCUT2D eigenvalue weighted by atomic mass is 10.0. The molecule has 5 nitrogen and oxygen atoms in total. The molecule has 0 spiro atoms. The molecule has 2 unspecified atom stereocenters. The summed E-state index contributed by atoms with van der Waals surface area (Å²) in [6, 6.07) is 6.81. The fourth-order valence-electron chi connectivity index (χ4n) is 2.83. The highest BCUT2D eigenvalue weighted by atomic mass is 16.5. The Morgan fingerprint density at radius 1 is 1.29 bits per heavy atom. The van der Waals surface area contributed by atoms with Crippen molar-refractivity contribution in [3.05, 3.63) is 29.8 Å². The van der Waals surface area contributed by atoms with Gasteiger partial charge in [-0.1, -0.05) is 18.2 Å². The zero-order valence-corrected chi connectivity index (χ0v) is 12.3. The summed E-state index contributed by atoms with van der Waals surface area (Å²) in [4.78, 5) is 26.4. The summed E-state index contributed by atoms with van der Waals surface area (Å²) in [7, 11) is 1.61. The molecule has 0 radical (unpaired) electrons. The minimum Gasteiger partial charge on any atom is -0.496 e. The minimum atomic E-state index is -0.447. The van der Waals surface area contributed by atoms with Crippen LogP contribution in [0, 0.1) is 5.92 Å². The zero-order chi connectivity index (χ0) is 15.0. The van der Waals surface area contributed by atoms with E-state index in [1.165, 1.54) is 0 Å². The van der Waals surface area contributed by atoms with Gasteiger partial charge in [-0.25, -0.2) is 0 Å². The number of hydrogen-bond donors (Lipinski definition) is 1. The van der Waals surface area contributed by atoms with Crippen molar-refractivity contribution in [1.82, 2.24) is 10.2 Å². The van der Waals surface area contributed by atoms with Gasteiger partial charge in [-0.3, -0.25) is 9.59 Å². The fourth-order valence-corrected chi connectivity index (χ4v) is 2.83. The van der Waals surface area contributed by atoms with Crippen LogP contribution in [-0.2, 0) is 16.1 Å². The number of ether oxygens (including phenoxy) is 1. The molecule has 1 N–H and O–H groups in total. The molecule has 0 aromatic heterocycles. The van der Waals surface area contributed by atoms with E-state index in [0.717, 1.165) is 24.2 Å². The molecule has 2 amide bonds. The summed E-state index contributed by atoms with van der Waals surface area (Å²) < 4.78 is 5.33. The molecule has 1 saturated heterocycles. The van der Waals surface area contributed by atoms with E-state index in [9.17, 15) is 9.59 Å². The average molecular weight is 288 g/mol. The van der Waals surface area contributed by atoms with Crippen LogP contribution in [0.15, 0.2) is 24.3 Å². The third-order valence-electron chi connectivity index (χ3n) is 4.32. The topological polar surface area (TPSA) is 58.6 Å². The van der Waals surface area contributed by atoms with Crippen molar-refractivity contribution in [2.75, 3.05) is 7.11 Å². The number of amides is 2. The highest BCUT2D eigenvalue weighted by Gasteiger charge is 2.45. The first kappa shape index (κ1) is 13.9. The van der Waals surface area contributed by atoms with Crippen LogP contribution in [0.25, 0.3) is 0 Å². The SMILES string of the molecule is COc1ccccc1CN1C(=O)C(C2CC2)NC(=O)C1C. The van der Waals surface area contributed by atoms with Gasteiger partial charge in [0.15, 0.2) is 0 Å². The monoisotopic (exact) mass is 288 g/mol. The van der Waals surface area contributed by atoms with Crippen molar-refractivity contribution in [2.45, 2.75) is 38.4 Å². The lowest BCUT2D eigenvalue weighted by Gasteiger charge is -2.37. The fraction of sp³-hybridized carbons (Fsp3) is 0.500. The first-order chi connectivity index (χ1) is 10.1. The van der Waals surface area contributed by atoms with Crippen LogP contribution in [0.1, 0.15) is 25.3 Å². The Labute approximate surface area is 124 Å². The maximum absolute atomic E-state index is 12.6. The summed E-state index contributed by atoms with van der Waals surface area (Å²) >= 11 is 0. The summed E-state index contributed by atoms with van der Waals surface area (Å²) in [6.45, 7) is 2.17. The van der Waals surface area contributed by atoms with Gasteiger partial charge < -0.3 is 15.0 Å². The molecule has 3 rings (SSSR count). The highest BCUT2D eigenvalue weighted by Crippen LogP contribution is 2.35. The molecule has 1 aliphatic heterocycles. The predicted octanol–water partition coefficient (Wildman–Crippen LogP) is 1.32. The number of benzene rings is 1. The van der Waals surface area contributed by atoms with Gasteiger partial charge >= 0.3 is 0 Å².